The lowest BCUT2D eigenvalue weighted by Crippen LogP contribution is -2.38. The highest BCUT2D eigenvalue weighted by Gasteiger charge is 2.17. The van der Waals surface area contributed by atoms with E-state index in [9.17, 15) is 9.90 Å². The van der Waals surface area contributed by atoms with E-state index in [0.717, 1.165) is 0 Å². The van der Waals surface area contributed by atoms with Gasteiger partial charge in [-0.1, -0.05) is 6.92 Å². The van der Waals surface area contributed by atoms with Crippen LogP contribution in [0.5, 0.6) is 0 Å². The quantitative estimate of drug-likeness (QED) is 0.648. The van der Waals surface area contributed by atoms with Crippen LogP contribution in [0.25, 0.3) is 0 Å². The van der Waals surface area contributed by atoms with Crippen LogP contribution >= 0.6 is 0 Å². The van der Waals surface area contributed by atoms with Gasteiger partial charge in [-0.25, -0.2) is 4.98 Å². The Labute approximate surface area is 88.1 Å². The lowest BCUT2D eigenvalue weighted by atomic mass is 10.1. The van der Waals surface area contributed by atoms with Crippen molar-refractivity contribution in [2.45, 2.75) is 32.8 Å². The molecule has 0 bridgehead atoms. The molecule has 1 aromatic heterocycles. The minimum absolute atomic E-state index is 0.108. The number of nitrogens with zero attached hydrogens (tertiary/aromatic N) is 2. The van der Waals surface area contributed by atoms with Crippen LogP contribution in [0, 0.1) is 0 Å². The summed E-state index contributed by atoms with van der Waals surface area (Å²) in [6, 6.07) is 0. The number of carbonyl (C=O) groups excluding carboxylic acids is 1. The van der Waals surface area contributed by atoms with Gasteiger partial charge in [-0.2, -0.15) is 0 Å². The molecular weight excluding hydrogens is 196 g/mol. The maximum Gasteiger partial charge on any atom is 0.291 e. The highest BCUT2D eigenvalue weighted by atomic mass is 16.3. The molecule has 0 unspecified atom stereocenters. The topological polar surface area (TPSA) is 90.9 Å². The molecule has 3 N–H and O–H groups in total. The second-order valence-electron chi connectivity index (χ2n) is 3.95. The largest absolute Gasteiger partial charge is 0.389 e. The Morgan fingerprint density at radius 2 is 2.27 bits per heavy atom. The summed E-state index contributed by atoms with van der Waals surface area (Å²) in [7, 11) is 0. The molecule has 0 aromatic carbocycles. The molecule has 84 valence electrons. The van der Waals surface area contributed by atoms with Gasteiger partial charge in [0.05, 0.1) is 5.60 Å². The number of rotatable bonds is 4. The van der Waals surface area contributed by atoms with E-state index in [-0.39, 0.29) is 18.3 Å². The molecule has 1 aromatic rings. The molecule has 6 nitrogen and oxygen atoms in total. The van der Waals surface area contributed by atoms with E-state index < -0.39 is 5.60 Å². The molecule has 0 saturated heterocycles. The van der Waals surface area contributed by atoms with Crippen LogP contribution in [0.4, 0.5) is 0 Å². The first-order valence-electron chi connectivity index (χ1n) is 4.84. The van der Waals surface area contributed by atoms with Crippen molar-refractivity contribution in [3.8, 4) is 0 Å². The first kappa shape index (κ1) is 11.6. The second kappa shape index (κ2) is 4.39. The van der Waals surface area contributed by atoms with Crippen molar-refractivity contribution in [2.24, 2.45) is 0 Å². The SMILES string of the molecule is CCc1nc(C(=O)NCC(C)(C)O)n[nH]1. The molecule has 0 aliphatic carbocycles. The Morgan fingerprint density at radius 3 is 2.73 bits per heavy atom. The summed E-state index contributed by atoms with van der Waals surface area (Å²) >= 11 is 0. The van der Waals surface area contributed by atoms with Crippen LogP contribution in [0.2, 0.25) is 0 Å². The first-order chi connectivity index (χ1) is 6.92. The maximum atomic E-state index is 11.5. The molecule has 0 aliphatic heterocycles. The van der Waals surface area contributed by atoms with Crippen molar-refractivity contribution in [1.29, 1.82) is 0 Å². The summed E-state index contributed by atoms with van der Waals surface area (Å²) in [6.07, 6.45) is 0.700. The molecule has 0 saturated carbocycles. The zero-order chi connectivity index (χ0) is 11.5. The van der Waals surface area contributed by atoms with Gasteiger partial charge in [0.2, 0.25) is 5.82 Å². The average Bonchev–Trinajstić information content (AvgIpc) is 2.61. The van der Waals surface area contributed by atoms with E-state index in [4.69, 9.17) is 0 Å². The Balaban J connectivity index is 2.54. The van der Waals surface area contributed by atoms with Gasteiger partial charge in [-0.15, -0.1) is 5.10 Å². The maximum absolute atomic E-state index is 11.5. The third-order valence-electron chi connectivity index (χ3n) is 1.75. The normalized spacial score (nSPS) is 11.5. The van der Waals surface area contributed by atoms with E-state index in [1.54, 1.807) is 13.8 Å². The molecule has 1 heterocycles. The van der Waals surface area contributed by atoms with E-state index in [1.165, 1.54) is 0 Å². The van der Waals surface area contributed by atoms with E-state index in [0.29, 0.717) is 12.2 Å². The van der Waals surface area contributed by atoms with Crippen molar-refractivity contribution in [3.63, 3.8) is 0 Å². The fourth-order valence-corrected chi connectivity index (χ4v) is 0.931. The number of amides is 1. The highest BCUT2D eigenvalue weighted by Crippen LogP contribution is 1.99. The lowest BCUT2D eigenvalue weighted by Gasteiger charge is -2.16. The Bertz CT molecular complexity index is 340. The second-order valence-corrected chi connectivity index (χ2v) is 3.95. The third kappa shape index (κ3) is 3.67. The van der Waals surface area contributed by atoms with Crippen molar-refractivity contribution in [3.05, 3.63) is 11.6 Å². The van der Waals surface area contributed by atoms with E-state index in [2.05, 4.69) is 20.5 Å². The molecule has 0 fully saturated rings. The monoisotopic (exact) mass is 212 g/mol. The molecule has 0 atom stereocenters. The predicted molar refractivity (Wildman–Crippen MR) is 54.4 cm³/mol. The predicted octanol–water partition coefficient (Wildman–Crippen LogP) is -0.132. The van der Waals surface area contributed by atoms with Gasteiger partial charge in [-0.05, 0) is 13.8 Å². The Kier molecular flexibility index (Phi) is 3.41. The van der Waals surface area contributed by atoms with Gasteiger partial charge in [0.25, 0.3) is 5.91 Å². The van der Waals surface area contributed by atoms with Crippen LogP contribution in [0.1, 0.15) is 37.2 Å². The summed E-state index contributed by atoms with van der Waals surface area (Å²) in [6.45, 7) is 5.31. The number of nitrogens with one attached hydrogen (secondary N) is 2. The smallest absolute Gasteiger partial charge is 0.291 e. The Morgan fingerprint density at radius 1 is 1.60 bits per heavy atom. The van der Waals surface area contributed by atoms with E-state index in [1.807, 2.05) is 6.92 Å². The van der Waals surface area contributed by atoms with Crippen molar-refractivity contribution < 1.29 is 9.90 Å². The summed E-state index contributed by atoms with van der Waals surface area (Å²) in [5, 5.41) is 18.4. The number of hydrogen-bond donors (Lipinski definition) is 3. The number of H-pyrrole nitrogens is 1. The highest BCUT2D eigenvalue weighted by molar-refractivity contribution is 5.90. The van der Waals surface area contributed by atoms with Gasteiger partial charge in [0.1, 0.15) is 5.82 Å². The number of aliphatic hydroxyl groups is 1. The number of carbonyl (C=O) groups is 1. The number of hydrogen-bond acceptors (Lipinski definition) is 4. The molecule has 0 spiro atoms. The fraction of sp³-hybridized carbons (Fsp3) is 0.667. The van der Waals surface area contributed by atoms with Crippen LogP contribution in [0.15, 0.2) is 0 Å². The third-order valence-corrected chi connectivity index (χ3v) is 1.75. The molecule has 6 heteroatoms. The average molecular weight is 212 g/mol. The van der Waals surface area contributed by atoms with Crippen molar-refractivity contribution in [1.82, 2.24) is 20.5 Å². The molecule has 15 heavy (non-hydrogen) atoms. The van der Waals surface area contributed by atoms with Crippen LogP contribution in [-0.4, -0.2) is 38.3 Å². The molecular formula is C9H16N4O2. The van der Waals surface area contributed by atoms with Crippen molar-refractivity contribution >= 4 is 5.91 Å². The number of aryl methyl sites for hydroxylation is 1. The van der Waals surface area contributed by atoms with Gasteiger partial charge < -0.3 is 10.4 Å². The number of aromatic amines is 1. The zero-order valence-electron chi connectivity index (χ0n) is 9.16. The molecule has 0 aliphatic rings. The minimum atomic E-state index is -0.931. The Hall–Kier alpha value is -1.43. The minimum Gasteiger partial charge on any atom is -0.389 e. The van der Waals surface area contributed by atoms with Gasteiger partial charge in [0, 0.05) is 13.0 Å². The standard InChI is InChI=1S/C9H16N4O2/c1-4-6-11-7(13-12-6)8(14)10-5-9(2,3)15/h15H,4-5H2,1-3H3,(H,10,14)(H,11,12,13). The van der Waals surface area contributed by atoms with Crippen LogP contribution in [0.3, 0.4) is 0 Å². The van der Waals surface area contributed by atoms with Crippen LogP contribution in [-0.2, 0) is 6.42 Å². The first-order valence-corrected chi connectivity index (χ1v) is 4.84. The summed E-state index contributed by atoms with van der Waals surface area (Å²) < 4.78 is 0. The van der Waals surface area contributed by atoms with E-state index >= 15 is 0 Å². The van der Waals surface area contributed by atoms with Crippen LogP contribution < -0.4 is 5.32 Å². The summed E-state index contributed by atoms with van der Waals surface area (Å²) in [4.78, 5) is 15.4. The number of aromatic nitrogens is 3. The molecule has 1 rings (SSSR count). The van der Waals surface area contributed by atoms with Gasteiger partial charge >= 0.3 is 0 Å². The van der Waals surface area contributed by atoms with Crippen molar-refractivity contribution in [2.75, 3.05) is 6.54 Å². The van der Waals surface area contributed by atoms with Gasteiger partial charge in [-0.3, -0.25) is 9.89 Å². The lowest BCUT2D eigenvalue weighted by molar-refractivity contribution is 0.0689. The summed E-state index contributed by atoms with van der Waals surface area (Å²) in [5.41, 5.74) is -0.931. The summed E-state index contributed by atoms with van der Waals surface area (Å²) in [5.74, 6) is 0.396. The molecule has 1 amide bonds. The fourth-order valence-electron chi connectivity index (χ4n) is 0.931. The van der Waals surface area contributed by atoms with Gasteiger partial charge in [0.15, 0.2) is 0 Å². The zero-order valence-corrected chi connectivity index (χ0v) is 9.16. The molecule has 0 radical (unpaired) electrons.